The van der Waals surface area contributed by atoms with Crippen LogP contribution in [0.2, 0.25) is 0 Å². The number of amides is 1. The third-order valence-electron chi connectivity index (χ3n) is 4.76. The molecule has 2 N–H and O–H groups in total. The van der Waals surface area contributed by atoms with Gasteiger partial charge in [-0.25, -0.2) is 0 Å². The Bertz CT molecular complexity index is 505. The lowest BCUT2D eigenvalue weighted by molar-refractivity contribution is -0.124. The first kappa shape index (κ1) is 14.1. The van der Waals surface area contributed by atoms with E-state index >= 15 is 0 Å². The molecule has 1 aromatic rings. The Kier molecular flexibility index (Phi) is 4.13. The number of rotatable bonds is 3. The van der Waals surface area contributed by atoms with Gasteiger partial charge >= 0.3 is 0 Å². The van der Waals surface area contributed by atoms with Gasteiger partial charge in [0.15, 0.2) is 0 Å². The molecular weight excluding hydrogens is 316 g/mol. The van der Waals surface area contributed by atoms with Crippen molar-refractivity contribution in [3.05, 3.63) is 34.3 Å². The lowest BCUT2D eigenvalue weighted by Gasteiger charge is -2.22. The molecular formula is C16H21BrN2O. The number of nitrogens with one attached hydrogen (secondary N) is 2. The molecule has 1 aliphatic heterocycles. The molecule has 0 bridgehead atoms. The van der Waals surface area contributed by atoms with E-state index in [4.69, 9.17) is 0 Å². The molecule has 4 atom stereocenters. The van der Waals surface area contributed by atoms with Gasteiger partial charge in [0.1, 0.15) is 0 Å². The number of hydrogen-bond donors (Lipinski definition) is 2. The summed E-state index contributed by atoms with van der Waals surface area (Å²) in [6, 6.07) is 8.09. The Morgan fingerprint density at radius 2 is 2.20 bits per heavy atom. The SMILES string of the molecule is C[C@H](NC(=O)C1NCC2CCCC21)c1ccccc1Br. The summed E-state index contributed by atoms with van der Waals surface area (Å²) in [5, 5.41) is 6.57. The van der Waals surface area contributed by atoms with Crippen LogP contribution >= 0.6 is 15.9 Å². The molecule has 0 spiro atoms. The van der Waals surface area contributed by atoms with Crippen molar-refractivity contribution in [1.82, 2.24) is 10.6 Å². The highest BCUT2D eigenvalue weighted by molar-refractivity contribution is 9.10. The van der Waals surface area contributed by atoms with E-state index in [9.17, 15) is 4.79 Å². The van der Waals surface area contributed by atoms with Gasteiger partial charge in [-0.2, -0.15) is 0 Å². The van der Waals surface area contributed by atoms with Crippen molar-refractivity contribution in [1.29, 1.82) is 0 Å². The number of carbonyl (C=O) groups excluding carboxylic acids is 1. The second-order valence-electron chi connectivity index (χ2n) is 5.99. The number of halogens is 1. The predicted octanol–water partition coefficient (Wildman–Crippen LogP) is 3.01. The summed E-state index contributed by atoms with van der Waals surface area (Å²) in [6.45, 7) is 3.05. The maximum atomic E-state index is 12.5. The van der Waals surface area contributed by atoms with Crippen molar-refractivity contribution in [2.45, 2.75) is 38.3 Å². The molecule has 1 heterocycles. The van der Waals surface area contributed by atoms with Crippen LogP contribution in [-0.2, 0) is 4.79 Å². The zero-order chi connectivity index (χ0) is 14.1. The van der Waals surface area contributed by atoms with E-state index < -0.39 is 0 Å². The number of hydrogen-bond acceptors (Lipinski definition) is 2. The summed E-state index contributed by atoms with van der Waals surface area (Å²) < 4.78 is 1.05. The molecule has 0 aromatic heterocycles. The Hall–Kier alpha value is -0.870. The van der Waals surface area contributed by atoms with Gasteiger partial charge in [-0.1, -0.05) is 40.5 Å². The van der Waals surface area contributed by atoms with Crippen LogP contribution in [0.1, 0.15) is 37.8 Å². The van der Waals surface area contributed by atoms with Crippen LogP contribution in [0.25, 0.3) is 0 Å². The Morgan fingerprint density at radius 3 is 3.00 bits per heavy atom. The number of benzene rings is 1. The molecule has 1 aliphatic carbocycles. The lowest BCUT2D eigenvalue weighted by atomic mass is 9.93. The monoisotopic (exact) mass is 336 g/mol. The average molecular weight is 337 g/mol. The summed E-state index contributed by atoms with van der Waals surface area (Å²) in [5.41, 5.74) is 1.13. The third kappa shape index (κ3) is 2.63. The molecule has 2 fully saturated rings. The van der Waals surface area contributed by atoms with Crippen LogP contribution in [0.3, 0.4) is 0 Å². The highest BCUT2D eigenvalue weighted by Crippen LogP contribution is 2.38. The van der Waals surface area contributed by atoms with Crippen LogP contribution in [0.15, 0.2) is 28.7 Å². The zero-order valence-corrected chi connectivity index (χ0v) is 13.3. The summed E-state index contributed by atoms with van der Waals surface area (Å²) >= 11 is 3.55. The van der Waals surface area contributed by atoms with Gasteiger partial charge in [-0.3, -0.25) is 4.79 Å². The fraction of sp³-hybridized carbons (Fsp3) is 0.562. The minimum Gasteiger partial charge on any atom is -0.348 e. The second-order valence-corrected chi connectivity index (χ2v) is 6.85. The van der Waals surface area contributed by atoms with E-state index in [1.165, 1.54) is 19.3 Å². The first-order valence-corrected chi connectivity index (χ1v) is 8.24. The maximum Gasteiger partial charge on any atom is 0.237 e. The first-order chi connectivity index (χ1) is 9.66. The van der Waals surface area contributed by atoms with Crippen LogP contribution in [0.4, 0.5) is 0 Å². The van der Waals surface area contributed by atoms with Gasteiger partial charge in [0.05, 0.1) is 12.1 Å². The fourth-order valence-corrected chi connectivity index (χ4v) is 4.31. The Balaban J connectivity index is 1.66. The quantitative estimate of drug-likeness (QED) is 0.890. The highest BCUT2D eigenvalue weighted by atomic mass is 79.9. The molecule has 0 radical (unpaired) electrons. The topological polar surface area (TPSA) is 41.1 Å². The maximum absolute atomic E-state index is 12.5. The predicted molar refractivity (Wildman–Crippen MR) is 83.3 cm³/mol. The van der Waals surface area contributed by atoms with Gasteiger partial charge in [0.25, 0.3) is 0 Å². The second kappa shape index (κ2) is 5.86. The average Bonchev–Trinajstić information content (AvgIpc) is 3.00. The summed E-state index contributed by atoms with van der Waals surface area (Å²) in [5.74, 6) is 1.41. The smallest absolute Gasteiger partial charge is 0.237 e. The van der Waals surface area contributed by atoms with Gasteiger partial charge in [0, 0.05) is 4.47 Å². The summed E-state index contributed by atoms with van der Waals surface area (Å²) in [6.07, 6.45) is 3.75. The molecule has 20 heavy (non-hydrogen) atoms. The first-order valence-electron chi connectivity index (χ1n) is 7.45. The van der Waals surface area contributed by atoms with Crippen molar-refractivity contribution in [2.75, 3.05) is 6.54 Å². The molecule has 1 saturated heterocycles. The molecule has 3 unspecified atom stereocenters. The largest absolute Gasteiger partial charge is 0.348 e. The molecule has 1 aromatic carbocycles. The fourth-order valence-electron chi connectivity index (χ4n) is 3.68. The van der Waals surface area contributed by atoms with E-state index in [1.807, 2.05) is 25.1 Å². The van der Waals surface area contributed by atoms with Crippen molar-refractivity contribution in [2.24, 2.45) is 11.8 Å². The molecule has 108 valence electrons. The molecule has 1 saturated carbocycles. The van der Waals surface area contributed by atoms with Crippen LogP contribution in [-0.4, -0.2) is 18.5 Å². The van der Waals surface area contributed by atoms with Crippen LogP contribution < -0.4 is 10.6 Å². The van der Waals surface area contributed by atoms with Crippen molar-refractivity contribution < 1.29 is 4.79 Å². The van der Waals surface area contributed by atoms with Gasteiger partial charge in [-0.15, -0.1) is 0 Å². The van der Waals surface area contributed by atoms with Gasteiger partial charge in [-0.05, 0) is 49.8 Å². The lowest BCUT2D eigenvalue weighted by Crippen LogP contribution is -2.44. The number of carbonyl (C=O) groups is 1. The minimum absolute atomic E-state index is 0.00689. The Morgan fingerprint density at radius 1 is 1.40 bits per heavy atom. The standard InChI is InChI=1S/C16H21BrN2O/c1-10(12-6-2-3-8-14(12)17)19-16(20)15-13-7-4-5-11(13)9-18-15/h2-3,6,8,10-11,13,15,18H,4-5,7,9H2,1H3,(H,19,20)/t10-,11?,13?,15?/m0/s1. The number of fused-ring (bicyclic) bond motifs is 1. The minimum atomic E-state index is 0.00689. The highest BCUT2D eigenvalue weighted by Gasteiger charge is 2.42. The summed E-state index contributed by atoms with van der Waals surface area (Å²) in [4.78, 5) is 12.5. The molecule has 4 heteroatoms. The summed E-state index contributed by atoms with van der Waals surface area (Å²) in [7, 11) is 0. The molecule has 2 aliphatic rings. The van der Waals surface area contributed by atoms with E-state index in [-0.39, 0.29) is 18.0 Å². The van der Waals surface area contributed by atoms with Crippen molar-refractivity contribution >= 4 is 21.8 Å². The molecule has 1 amide bonds. The zero-order valence-electron chi connectivity index (χ0n) is 11.7. The van der Waals surface area contributed by atoms with Crippen molar-refractivity contribution in [3.8, 4) is 0 Å². The molecule has 3 nitrogen and oxygen atoms in total. The Labute approximate surface area is 128 Å². The van der Waals surface area contributed by atoms with Crippen LogP contribution in [0, 0.1) is 11.8 Å². The molecule has 3 rings (SSSR count). The van der Waals surface area contributed by atoms with E-state index in [2.05, 4.69) is 32.6 Å². The normalized spacial score (nSPS) is 30.0. The van der Waals surface area contributed by atoms with Gasteiger partial charge < -0.3 is 10.6 Å². The van der Waals surface area contributed by atoms with Gasteiger partial charge in [0.2, 0.25) is 5.91 Å². The third-order valence-corrected chi connectivity index (χ3v) is 5.48. The van der Waals surface area contributed by atoms with Crippen molar-refractivity contribution in [3.63, 3.8) is 0 Å². The van der Waals surface area contributed by atoms with E-state index in [0.717, 1.165) is 16.6 Å². The van der Waals surface area contributed by atoms with Crippen LogP contribution in [0.5, 0.6) is 0 Å². The van der Waals surface area contributed by atoms with E-state index in [0.29, 0.717) is 11.8 Å². The van der Waals surface area contributed by atoms with E-state index in [1.54, 1.807) is 0 Å².